The van der Waals surface area contributed by atoms with Crippen molar-refractivity contribution in [3.63, 3.8) is 0 Å². The number of pyridine rings is 1. The minimum absolute atomic E-state index is 0.250. The molecule has 3 heterocycles. The number of hydrogen-bond donors (Lipinski definition) is 0. The molecule has 1 unspecified atom stereocenters. The molecule has 0 saturated carbocycles. The van der Waals surface area contributed by atoms with Crippen molar-refractivity contribution in [2.24, 2.45) is 0 Å². The van der Waals surface area contributed by atoms with Crippen molar-refractivity contribution in [3.8, 4) is 0 Å². The van der Waals surface area contributed by atoms with Crippen LogP contribution in [0.5, 0.6) is 0 Å². The Morgan fingerprint density at radius 2 is 1.92 bits per heavy atom. The molecule has 128 valence electrons. The van der Waals surface area contributed by atoms with E-state index in [1.807, 2.05) is 37.0 Å². The summed E-state index contributed by atoms with van der Waals surface area (Å²) >= 11 is 3.24. The summed E-state index contributed by atoms with van der Waals surface area (Å²) in [5.41, 5.74) is 0. The van der Waals surface area contributed by atoms with Gasteiger partial charge in [-0.05, 0) is 28.4 Å². The molecule has 1 aliphatic rings. The number of hydrogen-bond acceptors (Lipinski definition) is 6. The van der Waals surface area contributed by atoms with Crippen LogP contribution in [-0.4, -0.2) is 55.2 Å². The smallest absolute Gasteiger partial charge is 0.166 e. The summed E-state index contributed by atoms with van der Waals surface area (Å²) in [5, 5.41) is 0. The maximum Gasteiger partial charge on any atom is 0.166 e. The van der Waals surface area contributed by atoms with Crippen LogP contribution >= 0.6 is 15.9 Å². The fraction of sp³-hybridized carbons (Fsp3) is 0.438. The number of aromatic nitrogens is 3. The van der Waals surface area contributed by atoms with Gasteiger partial charge in [0.2, 0.25) is 0 Å². The van der Waals surface area contributed by atoms with E-state index < -0.39 is 0 Å². The van der Waals surface area contributed by atoms with E-state index in [-0.39, 0.29) is 11.9 Å². The average molecular weight is 395 g/mol. The number of likely N-dealkylation sites (N-methyl/N-ethyl adjacent to an activating group) is 1. The zero-order valence-electron chi connectivity index (χ0n) is 13.9. The summed E-state index contributed by atoms with van der Waals surface area (Å²) in [6.07, 6.45) is 4.13. The van der Waals surface area contributed by atoms with Gasteiger partial charge < -0.3 is 14.7 Å². The second-order valence-corrected chi connectivity index (χ2v) is 7.00. The van der Waals surface area contributed by atoms with Crippen LogP contribution in [0.3, 0.4) is 0 Å². The molecule has 3 rings (SSSR count). The number of rotatable bonds is 4. The summed E-state index contributed by atoms with van der Waals surface area (Å²) in [6.45, 7) is 1.48. The lowest BCUT2D eigenvalue weighted by Crippen LogP contribution is -2.35. The van der Waals surface area contributed by atoms with Crippen molar-refractivity contribution in [1.82, 2.24) is 15.0 Å². The van der Waals surface area contributed by atoms with Crippen molar-refractivity contribution >= 4 is 33.4 Å². The summed E-state index contributed by atoms with van der Waals surface area (Å²) in [4.78, 5) is 18.9. The highest BCUT2D eigenvalue weighted by atomic mass is 79.9. The van der Waals surface area contributed by atoms with Crippen LogP contribution in [-0.2, 0) is 0 Å². The lowest BCUT2D eigenvalue weighted by Gasteiger charge is -2.26. The summed E-state index contributed by atoms with van der Waals surface area (Å²) in [7, 11) is 5.91. The van der Waals surface area contributed by atoms with Gasteiger partial charge in [-0.15, -0.1) is 0 Å². The van der Waals surface area contributed by atoms with E-state index >= 15 is 0 Å². The average Bonchev–Trinajstić information content (AvgIpc) is 3.04. The molecule has 0 aliphatic carbocycles. The Balaban J connectivity index is 1.74. The van der Waals surface area contributed by atoms with Crippen LogP contribution in [0.1, 0.15) is 6.42 Å². The van der Waals surface area contributed by atoms with E-state index in [0.29, 0.717) is 16.8 Å². The van der Waals surface area contributed by atoms with E-state index in [2.05, 4.69) is 35.8 Å². The van der Waals surface area contributed by atoms with Gasteiger partial charge in [0.05, 0.1) is 0 Å². The van der Waals surface area contributed by atoms with Gasteiger partial charge in [0.25, 0.3) is 0 Å². The molecular weight excluding hydrogens is 375 g/mol. The van der Waals surface area contributed by atoms with E-state index in [1.165, 1.54) is 6.07 Å². The largest absolute Gasteiger partial charge is 0.363 e. The van der Waals surface area contributed by atoms with Gasteiger partial charge in [-0.1, -0.05) is 0 Å². The molecular formula is C16H20BrFN6. The zero-order chi connectivity index (χ0) is 17.3. The van der Waals surface area contributed by atoms with Crippen molar-refractivity contribution in [3.05, 3.63) is 34.9 Å². The van der Waals surface area contributed by atoms with Gasteiger partial charge in [0.1, 0.15) is 18.0 Å². The van der Waals surface area contributed by atoms with E-state index in [4.69, 9.17) is 0 Å². The third-order valence-corrected chi connectivity index (χ3v) is 4.69. The quantitative estimate of drug-likeness (QED) is 0.793. The van der Waals surface area contributed by atoms with Crippen molar-refractivity contribution < 1.29 is 4.39 Å². The SMILES string of the molecule is CN(C)c1cc(N(C)C2CCN(c3ncc(Br)cc3F)C2)ncn1. The maximum absolute atomic E-state index is 14.1. The van der Waals surface area contributed by atoms with E-state index in [0.717, 1.165) is 24.6 Å². The highest BCUT2D eigenvalue weighted by Gasteiger charge is 2.29. The summed E-state index contributed by atoms with van der Waals surface area (Å²) in [5.74, 6) is 1.84. The Kier molecular flexibility index (Phi) is 4.84. The monoisotopic (exact) mass is 394 g/mol. The number of anilines is 3. The van der Waals surface area contributed by atoms with Crippen LogP contribution < -0.4 is 14.7 Å². The third-order valence-electron chi connectivity index (χ3n) is 4.26. The third kappa shape index (κ3) is 3.43. The molecule has 1 fully saturated rings. The van der Waals surface area contributed by atoms with Crippen LogP contribution in [0.15, 0.2) is 29.1 Å². The first kappa shape index (κ1) is 16.9. The maximum atomic E-state index is 14.1. The van der Waals surface area contributed by atoms with Crippen LogP contribution in [0.25, 0.3) is 0 Å². The first-order chi connectivity index (χ1) is 11.5. The van der Waals surface area contributed by atoms with Gasteiger partial charge in [-0.2, -0.15) is 0 Å². The van der Waals surface area contributed by atoms with Gasteiger partial charge in [-0.25, -0.2) is 19.3 Å². The van der Waals surface area contributed by atoms with Crippen molar-refractivity contribution in [2.45, 2.75) is 12.5 Å². The highest BCUT2D eigenvalue weighted by molar-refractivity contribution is 9.10. The molecule has 1 saturated heterocycles. The Bertz CT molecular complexity index is 725. The molecule has 6 nitrogen and oxygen atoms in total. The molecule has 0 amide bonds. The minimum Gasteiger partial charge on any atom is -0.363 e. The Morgan fingerprint density at radius 3 is 2.62 bits per heavy atom. The standard InChI is InChI=1S/C16H20BrFN6/c1-22(2)14-7-15(21-10-20-14)23(3)12-4-5-24(9-12)16-13(18)6-11(17)8-19-16/h6-8,10,12H,4-5,9H2,1-3H3. The molecule has 0 aromatic carbocycles. The zero-order valence-corrected chi connectivity index (χ0v) is 15.5. The summed E-state index contributed by atoms with van der Waals surface area (Å²) in [6, 6.07) is 3.66. The molecule has 2 aromatic rings. The second kappa shape index (κ2) is 6.88. The van der Waals surface area contributed by atoms with Crippen LogP contribution in [0, 0.1) is 5.82 Å². The molecule has 2 aromatic heterocycles. The fourth-order valence-corrected chi connectivity index (χ4v) is 3.16. The van der Waals surface area contributed by atoms with Gasteiger partial charge in [-0.3, -0.25) is 0 Å². The molecule has 0 bridgehead atoms. The Hall–Kier alpha value is -1.96. The molecule has 1 atom stereocenters. The Morgan fingerprint density at radius 1 is 1.17 bits per heavy atom. The molecule has 1 aliphatic heterocycles. The van der Waals surface area contributed by atoms with Crippen molar-refractivity contribution in [2.75, 3.05) is 48.9 Å². The molecule has 8 heteroatoms. The summed E-state index contributed by atoms with van der Waals surface area (Å²) < 4.78 is 14.8. The topological polar surface area (TPSA) is 48.4 Å². The highest BCUT2D eigenvalue weighted by Crippen LogP contribution is 2.27. The minimum atomic E-state index is -0.301. The van der Waals surface area contributed by atoms with Crippen LogP contribution in [0.4, 0.5) is 21.8 Å². The molecule has 0 radical (unpaired) electrons. The lowest BCUT2D eigenvalue weighted by molar-refractivity contribution is 0.613. The predicted molar refractivity (Wildman–Crippen MR) is 97.3 cm³/mol. The first-order valence-electron chi connectivity index (χ1n) is 7.74. The normalized spacial score (nSPS) is 17.2. The Labute approximate surface area is 149 Å². The lowest BCUT2D eigenvalue weighted by atomic mass is 10.2. The van der Waals surface area contributed by atoms with Gasteiger partial charge in [0, 0.05) is 57.0 Å². The fourth-order valence-electron chi connectivity index (χ4n) is 2.85. The number of nitrogens with zero attached hydrogens (tertiary/aromatic N) is 6. The second-order valence-electron chi connectivity index (χ2n) is 6.09. The van der Waals surface area contributed by atoms with Crippen molar-refractivity contribution in [1.29, 1.82) is 0 Å². The van der Waals surface area contributed by atoms with Gasteiger partial charge in [0.15, 0.2) is 11.6 Å². The molecule has 0 N–H and O–H groups in total. The predicted octanol–water partition coefficient (Wildman–Crippen LogP) is 2.55. The first-order valence-corrected chi connectivity index (χ1v) is 8.53. The molecule has 24 heavy (non-hydrogen) atoms. The van der Waals surface area contributed by atoms with E-state index in [1.54, 1.807) is 12.5 Å². The van der Waals surface area contributed by atoms with Crippen LogP contribution in [0.2, 0.25) is 0 Å². The molecule has 0 spiro atoms. The van der Waals surface area contributed by atoms with E-state index in [9.17, 15) is 4.39 Å². The van der Waals surface area contributed by atoms with Gasteiger partial charge >= 0.3 is 0 Å². The number of halogens is 2.